The molecule has 14 heavy (non-hydrogen) atoms. The summed E-state index contributed by atoms with van der Waals surface area (Å²) >= 11 is 0. The normalized spacial score (nSPS) is 9.43. The van der Waals surface area contributed by atoms with E-state index in [1.807, 2.05) is 18.2 Å². The standard InChI is InChI=1S/C10H7N2O.Mo/c1-2-8-7-5-3-4-6-9(7)12-10(13)11-8;/h3-6H,1H2,(H,11,12,13);/q-1;. The number of hydrogen-bond donors (Lipinski definition) is 1. The van der Waals surface area contributed by atoms with Gasteiger partial charge in [0.1, 0.15) is 0 Å². The molecule has 1 aromatic carbocycles. The van der Waals surface area contributed by atoms with Crippen molar-refractivity contribution in [3.63, 3.8) is 0 Å². The second kappa shape index (κ2) is 4.34. The molecular formula is C10H7MoN2O-. The molecule has 0 unspecified atom stereocenters. The monoisotopic (exact) mass is 269 g/mol. The average Bonchev–Trinajstić information content (AvgIpc) is 2.16. The summed E-state index contributed by atoms with van der Waals surface area (Å²) in [6.07, 6.45) is 2.67. The number of nitrogens with one attached hydrogen (secondary N) is 1. The van der Waals surface area contributed by atoms with Crippen LogP contribution in [0.2, 0.25) is 0 Å². The molecule has 0 saturated heterocycles. The van der Waals surface area contributed by atoms with E-state index in [1.165, 1.54) is 0 Å². The largest absolute Gasteiger partial charge is 0.341 e. The zero-order valence-electron chi connectivity index (χ0n) is 7.28. The van der Waals surface area contributed by atoms with Crippen LogP contribution < -0.4 is 5.69 Å². The number of benzene rings is 1. The van der Waals surface area contributed by atoms with E-state index in [1.54, 1.807) is 6.07 Å². The van der Waals surface area contributed by atoms with Crippen molar-refractivity contribution in [3.05, 3.63) is 53.1 Å². The van der Waals surface area contributed by atoms with Crippen LogP contribution in [0.3, 0.4) is 0 Å². The van der Waals surface area contributed by atoms with Gasteiger partial charge in [-0.1, -0.05) is 18.2 Å². The number of fused-ring (bicyclic) bond motifs is 1. The first-order valence-corrected chi connectivity index (χ1v) is 3.83. The fraction of sp³-hybridized carbons (Fsp3) is 0. The Balaban J connectivity index is 0.000000980. The summed E-state index contributed by atoms with van der Waals surface area (Å²) in [7, 11) is 0. The molecule has 0 spiro atoms. The van der Waals surface area contributed by atoms with Gasteiger partial charge >= 0.3 is 5.69 Å². The second-order valence-corrected chi connectivity index (χ2v) is 2.61. The minimum atomic E-state index is -0.371. The van der Waals surface area contributed by atoms with Crippen molar-refractivity contribution in [1.29, 1.82) is 0 Å². The Morgan fingerprint density at radius 2 is 2.07 bits per heavy atom. The van der Waals surface area contributed by atoms with Gasteiger partial charge in [0.2, 0.25) is 0 Å². The maximum Gasteiger partial charge on any atom is 0.341 e. The third-order valence-electron chi connectivity index (χ3n) is 1.80. The molecule has 1 N–H and O–H groups in total. The first kappa shape index (κ1) is 10.9. The first-order valence-electron chi connectivity index (χ1n) is 3.83. The Bertz CT molecular complexity index is 519. The Hall–Kier alpha value is -1.21. The average molecular weight is 267 g/mol. The minimum absolute atomic E-state index is 0. The third-order valence-corrected chi connectivity index (χ3v) is 1.80. The summed E-state index contributed by atoms with van der Waals surface area (Å²) in [5.41, 5.74) is 0.887. The molecular weight excluding hydrogens is 260 g/mol. The number of rotatable bonds is 1. The number of nitrogens with zero attached hydrogens (tertiary/aromatic N) is 1. The van der Waals surface area contributed by atoms with Gasteiger partial charge < -0.3 is 4.98 Å². The van der Waals surface area contributed by atoms with Gasteiger partial charge in [-0.05, 0) is 5.52 Å². The van der Waals surface area contributed by atoms with Crippen LogP contribution in [0, 0.1) is 6.08 Å². The van der Waals surface area contributed by atoms with Crippen molar-refractivity contribution >= 4 is 10.9 Å². The van der Waals surface area contributed by atoms with Crippen molar-refractivity contribution in [2.45, 2.75) is 0 Å². The molecule has 1 heterocycles. The van der Waals surface area contributed by atoms with Crippen LogP contribution in [0.1, 0.15) is 5.69 Å². The Labute approximate surface area is 95.1 Å². The van der Waals surface area contributed by atoms with Crippen LogP contribution in [0.4, 0.5) is 0 Å². The smallest absolute Gasteiger partial charge is 0.341 e. The van der Waals surface area contributed by atoms with Gasteiger partial charge in [0.25, 0.3) is 0 Å². The summed E-state index contributed by atoms with van der Waals surface area (Å²) in [4.78, 5) is 17.4. The summed E-state index contributed by atoms with van der Waals surface area (Å²) in [6.45, 7) is 3.50. The van der Waals surface area contributed by atoms with Crippen molar-refractivity contribution in [3.8, 4) is 0 Å². The van der Waals surface area contributed by atoms with Gasteiger partial charge in [-0.15, -0.1) is 17.1 Å². The fourth-order valence-corrected chi connectivity index (χ4v) is 1.23. The molecule has 0 bridgehead atoms. The van der Waals surface area contributed by atoms with E-state index in [-0.39, 0.29) is 26.8 Å². The van der Waals surface area contributed by atoms with Gasteiger partial charge in [-0.2, -0.15) is 6.58 Å². The molecule has 0 radical (unpaired) electrons. The zero-order valence-corrected chi connectivity index (χ0v) is 9.29. The molecule has 3 nitrogen and oxygen atoms in total. The van der Waals surface area contributed by atoms with E-state index < -0.39 is 0 Å². The predicted octanol–water partition coefficient (Wildman–Crippen LogP) is 1.26. The topological polar surface area (TPSA) is 45.8 Å². The Kier molecular flexibility index (Phi) is 3.37. The van der Waals surface area contributed by atoms with Gasteiger partial charge in [0.15, 0.2) is 0 Å². The molecule has 0 saturated carbocycles. The molecule has 1 aromatic heterocycles. The van der Waals surface area contributed by atoms with Crippen molar-refractivity contribution in [1.82, 2.24) is 9.97 Å². The number of para-hydroxylation sites is 1. The predicted molar refractivity (Wildman–Crippen MR) is 50.3 cm³/mol. The molecule has 0 amide bonds. The minimum Gasteiger partial charge on any atom is -0.341 e. The quantitative estimate of drug-likeness (QED) is 0.624. The van der Waals surface area contributed by atoms with Crippen molar-refractivity contribution in [2.75, 3.05) is 0 Å². The Morgan fingerprint density at radius 1 is 1.36 bits per heavy atom. The molecule has 0 aliphatic heterocycles. The molecule has 0 aliphatic carbocycles. The maximum absolute atomic E-state index is 11.0. The second-order valence-electron chi connectivity index (χ2n) is 2.61. The molecule has 0 atom stereocenters. The number of aromatic amines is 1. The molecule has 0 fully saturated rings. The van der Waals surface area contributed by atoms with E-state index in [9.17, 15) is 4.79 Å². The van der Waals surface area contributed by atoms with Crippen molar-refractivity contribution < 1.29 is 21.1 Å². The SMILES string of the molecule is C=[C-]c1[nH]c(=O)nc2ccccc12.[Mo]. The van der Waals surface area contributed by atoms with E-state index >= 15 is 0 Å². The molecule has 0 aliphatic rings. The van der Waals surface area contributed by atoms with Crippen LogP contribution in [-0.2, 0) is 21.1 Å². The van der Waals surface area contributed by atoms with Gasteiger partial charge in [0, 0.05) is 21.1 Å². The van der Waals surface area contributed by atoms with Crippen LogP contribution >= 0.6 is 0 Å². The molecule has 4 heteroatoms. The third kappa shape index (κ3) is 1.83. The molecule has 2 rings (SSSR count). The molecule has 2 aromatic rings. The number of aromatic nitrogens is 2. The van der Waals surface area contributed by atoms with Crippen LogP contribution in [0.25, 0.3) is 10.9 Å². The molecule has 70 valence electrons. The van der Waals surface area contributed by atoms with Gasteiger partial charge in [-0.25, -0.2) is 15.9 Å². The number of hydrogen-bond acceptors (Lipinski definition) is 2. The van der Waals surface area contributed by atoms with E-state index in [2.05, 4.69) is 22.6 Å². The van der Waals surface area contributed by atoms with Crippen molar-refractivity contribution in [2.24, 2.45) is 0 Å². The van der Waals surface area contributed by atoms with E-state index in [0.29, 0.717) is 11.2 Å². The summed E-state index contributed by atoms with van der Waals surface area (Å²) in [5, 5.41) is 0.858. The van der Waals surface area contributed by atoms with Gasteiger partial charge in [0.05, 0.1) is 0 Å². The van der Waals surface area contributed by atoms with Crippen LogP contribution in [-0.4, -0.2) is 9.97 Å². The summed E-state index contributed by atoms with van der Waals surface area (Å²) in [6, 6.07) is 7.36. The van der Waals surface area contributed by atoms with E-state index in [0.717, 1.165) is 5.39 Å². The van der Waals surface area contributed by atoms with Gasteiger partial charge in [-0.3, -0.25) is 0 Å². The first-order chi connectivity index (χ1) is 6.31. The summed E-state index contributed by atoms with van der Waals surface area (Å²) < 4.78 is 0. The van der Waals surface area contributed by atoms with E-state index in [4.69, 9.17) is 0 Å². The van der Waals surface area contributed by atoms with Crippen LogP contribution in [0.5, 0.6) is 0 Å². The van der Waals surface area contributed by atoms with Crippen LogP contribution in [0.15, 0.2) is 35.6 Å². The fourth-order valence-electron chi connectivity index (χ4n) is 1.23. The maximum atomic E-state index is 11.0. The Morgan fingerprint density at radius 3 is 2.79 bits per heavy atom. The zero-order chi connectivity index (χ0) is 9.26. The summed E-state index contributed by atoms with van der Waals surface area (Å²) in [5.74, 6) is 0. The number of H-pyrrole nitrogens is 1.